The fourth-order valence-corrected chi connectivity index (χ4v) is 2.99. The molecule has 2 N–H and O–H groups in total. The van der Waals surface area contributed by atoms with Crippen LogP contribution >= 0.6 is 11.3 Å². The van der Waals surface area contributed by atoms with Crippen LogP contribution in [0.2, 0.25) is 0 Å². The highest BCUT2D eigenvalue weighted by molar-refractivity contribution is 7.17. The third-order valence-electron chi connectivity index (χ3n) is 3.32. The van der Waals surface area contributed by atoms with Gasteiger partial charge in [0.25, 0.3) is 5.91 Å². The van der Waals surface area contributed by atoms with Crippen molar-refractivity contribution in [2.75, 3.05) is 27.2 Å². The van der Waals surface area contributed by atoms with E-state index in [0.29, 0.717) is 12.1 Å². The average molecular weight is 319 g/mol. The summed E-state index contributed by atoms with van der Waals surface area (Å²) in [5.74, 6) is -0.387. The summed E-state index contributed by atoms with van der Waals surface area (Å²) in [6.45, 7) is 3.02. The number of hydrogen-bond acceptors (Lipinski definition) is 4. The van der Waals surface area contributed by atoms with Crippen LogP contribution in [0.15, 0.2) is 29.6 Å². The van der Waals surface area contributed by atoms with Crippen molar-refractivity contribution < 1.29 is 9.59 Å². The number of carbonyl (C=O) groups excluding carboxylic acids is 2. The molecule has 0 saturated heterocycles. The van der Waals surface area contributed by atoms with Crippen LogP contribution in [0, 0.1) is 0 Å². The topological polar surface area (TPSA) is 61.4 Å². The van der Waals surface area contributed by atoms with E-state index in [-0.39, 0.29) is 11.8 Å². The van der Waals surface area contributed by atoms with E-state index in [0.717, 1.165) is 16.6 Å². The fourth-order valence-electron chi connectivity index (χ4n) is 2.05. The number of rotatable bonds is 6. The molecule has 1 heterocycles. The molecule has 0 spiro atoms. The third-order valence-corrected chi connectivity index (χ3v) is 4.29. The number of thiophene rings is 1. The van der Waals surface area contributed by atoms with Crippen LogP contribution in [0.4, 0.5) is 0 Å². The van der Waals surface area contributed by atoms with Crippen molar-refractivity contribution in [2.24, 2.45) is 0 Å². The minimum atomic E-state index is -0.562. The lowest BCUT2D eigenvalue weighted by atomic mass is 10.1. The first-order chi connectivity index (χ1) is 10.5. The Balaban J connectivity index is 1.95. The van der Waals surface area contributed by atoms with E-state index in [1.807, 2.05) is 48.6 Å². The molecule has 6 heteroatoms. The molecular formula is C16H21N3O2S. The third kappa shape index (κ3) is 4.05. The lowest BCUT2D eigenvalue weighted by Gasteiger charge is -2.15. The molecule has 1 aromatic carbocycles. The van der Waals surface area contributed by atoms with Gasteiger partial charge in [-0.1, -0.05) is 18.2 Å². The van der Waals surface area contributed by atoms with Gasteiger partial charge in [0.05, 0.1) is 5.56 Å². The molecule has 0 saturated carbocycles. The molecule has 0 bridgehead atoms. The number of nitrogens with one attached hydrogen (secondary N) is 2. The number of amides is 2. The van der Waals surface area contributed by atoms with Gasteiger partial charge in [0.2, 0.25) is 5.91 Å². The second kappa shape index (κ2) is 7.38. The Bertz CT molecular complexity index is 666. The zero-order chi connectivity index (χ0) is 16.1. The Morgan fingerprint density at radius 3 is 2.73 bits per heavy atom. The summed E-state index contributed by atoms with van der Waals surface area (Å²) in [4.78, 5) is 26.3. The maximum atomic E-state index is 12.3. The van der Waals surface area contributed by atoms with Crippen LogP contribution in [0.25, 0.3) is 10.1 Å². The van der Waals surface area contributed by atoms with E-state index < -0.39 is 6.04 Å². The van der Waals surface area contributed by atoms with Gasteiger partial charge in [-0.25, -0.2) is 0 Å². The highest BCUT2D eigenvalue weighted by atomic mass is 32.1. The highest BCUT2D eigenvalue weighted by Gasteiger charge is 2.18. The number of fused-ring (bicyclic) bond motifs is 1. The predicted octanol–water partition coefficient (Wildman–Crippen LogP) is 1.70. The van der Waals surface area contributed by atoms with E-state index in [1.54, 1.807) is 6.92 Å². The van der Waals surface area contributed by atoms with Gasteiger partial charge in [0.15, 0.2) is 0 Å². The number of nitrogens with zero attached hydrogens (tertiary/aromatic N) is 1. The maximum Gasteiger partial charge on any atom is 0.253 e. The van der Waals surface area contributed by atoms with Gasteiger partial charge >= 0.3 is 0 Å². The number of benzene rings is 1. The largest absolute Gasteiger partial charge is 0.353 e. The van der Waals surface area contributed by atoms with Gasteiger partial charge in [0.1, 0.15) is 6.04 Å². The van der Waals surface area contributed by atoms with Gasteiger partial charge in [-0.2, -0.15) is 0 Å². The zero-order valence-corrected chi connectivity index (χ0v) is 13.9. The molecule has 5 nitrogen and oxygen atoms in total. The molecule has 1 aromatic heterocycles. The molecular weight excluding hydrogens is 298 g/mol. The summed E-state index contributed by atoms with van der Waals surface area (Å²) >= 11 is 1.53. The molecule has 118 valence electrons. The molecule has 1 atom stereocenters. The Kier molecular flexibility index (Phi) is 5.51. The van der Waals surface area contributed by atoms with E-state index >= 15 is 0 Å². The summed E-state index contributed by atoms with van der Waals surface area (Å²) in [5.41, 5.74) is 0.619. The van der Waals surface area contributed by atoms with Crippen LogP contribution in [0.3, 0.4) is 0 Å². The minimum absolute atomic E-state index is 0.172. The van der Waals surface area contributed by atoms with E-state index in [1.165, 1.54) is 11.3 Å². The SMILES string of the molecule is CC(NC(=O)c1csc2ccccc12)C(=O)NCCN(C)C. The highest BCUT2D eigenvalue weighted by Crippen LogP contribution is 2.25. The zero-order valence-electron chi connectivity index (χ0n) is 13.1. The van der Waals surface area contributed by atoms with Crippen LogP contribution in [-0.2, 0) is 4.79 Å². The number of carbonyl (C=O) groups is 2. The quantitative estimate of drug-likeness (QED) is 0.852. The van der Waals surface area contributed by atoms with Crippen LogP contribution in [-0.4, -0.2) is 49.9 Å². The Morgan fingerprint density at radius 1 is 1.27 bits per heavy atom. The predicted molar refractivity (Wildman–Crippen MR) is 90.3 cm³/mol. The van der Waals surface area contributed by atoms with Gasteiger partial charge in [-0.3, -0.25) is 9.59 Å². The molecule has 2 aromatic rings. The standard InChI is InChI=1S/C16H21N3O2S/c1-11(15(20)17-8-9-19(2)3)18-16(21)13-10-22-14-7-5-4-6-12(13)14/h4-7,10-11H,8-9H2,1-3H3,(H,17,20)(H,18,21). The molecule has 0 fully saturated rings. The second-order valence-electron chi connectivity index (χ2n) is 5.43. The molecule has 2 rings (SSSR count). The first kappa shape index (κ1) is 16.5. The van der Waals surface area contributed by atoms with Crippen molar-refractivity contribution in [1.29, 1.82) is 0 Å². The van der Waals surface area contributed by atoms with Crippen molar-refractivity contribution in [2.45, 2.75) is 13.0 Å². The molecule has 2 amide bonds. The summed E-state index contributed by atoms with van der Waals surface area (Å²) in [6.07, 6.45) is 0. The average Bonchev–Trinajstić information content (AvgIpc) is 2.90. The molecule has 0 aliphatic rings. The lowest BCUT2D eigenvalue weighted by Crippen LogP contribution is -2.46. The second-order valence-corrected chi connectivity index (χ2v) is 6.35. The van der Waals surface area contributed by atoms with Crippen LogP contribution in [0.5, 0.6) is 0 Å². The van der Waals surface area contributed by atoms with Gasteiger partial charge in [-0.15, -0.1) is 11.3 Å². The lowest BCUT2D eigenvalue weighted by molar-refractivity contribution is -0.122. The fraction of sp³-hybridized carbons (Fsp3) is 0.375. The summed E-state index contributed by atoms with van der Waals surface area (Å²) in [5, 5.41) is 8.31. The Labute approximate surface area is 134 Å². The smallest absolute Gasteiger partial charge is 0.253 e. The molecule has 22 heavy (non-hydrogen) atoms. The first-order valence-electron chi connectivity index (χ1n) is 7.18. The maximum absolute atomic E-state index is 12.3. The van der Waals surface area contributed by atoms with E-state index in [4.69, 9.17) is 0 Å². The summed E-state index contributed by atoms with van der Waals surface area (Å²) in [6, 6.07) is 7.19. The van der Waals surface area contributed by atoms with Gasteiger partial charge < -0.3 is 15.5 Å². The monoisotopic (exact) mass is 319 g/mol. The Hall–Kier alpha value is -1.92. The summed E-state index contributed by atoms with van der Waals surface area (Å²) in [7, 11) is 3.89. The van der Waals surface area contributed by atoms with Crippen LogP contribution in [0.1, 0.15) is 17.3 Å². The molecule has 0 aliphatic carbocycles. The van der Waals surface area contributed by atoms with Crippen LogP contribution < -0.4 is 10.6 Å². The number of likely N-dealkylation sites (N-methyl/N-ethyl adjacent to an activating group) is 1. The van der Waals surface area contributed by atoms with Gasteiger partial charge in [0, 0.05) is 28.6 Å². The van der Waals surface area contributed by atoms with E-state index in [9.17, 15) is 9.59 Å². The van der Waals surface area contributed by atoms with Crippen molar-refractivity contribution in [1.82, 2.24) is 15.5 Å². The Morgan fingerprint density at radius 2 is 2.00 bits per heavy atom. The van der Waals surface area contributed by atoms with Crippen molar-refractivity contribution >= 4 is 33.2 Å². The summed E-state index contributed by atoms with van der Waals surface area (Å²) < 4.78 is 1.07. The number of hydrogen-bond donors (Lipinski definition) is 2. The van der Waals surface area contributed by atoms with Gasteiger partial charge in [-0.05, 0) is 27.1 Å². The molecule has 0 radical (unpaired) electrons. The van der Waals surface area contributed by atoms with Crippen molar-refractivity contribution in [3.63, 3.8) is 0 Å². The van der Waals surface area contributed by atoms with E-state index in [2.05, 4.69) is 10.6 Å². The molecule has 0 aliphatic heterocycles. The minimum Gasteiger partial charge on any atom is -0.353 e. The van der Waals surface area contributed by atoms with Crippen molar-refractivity contribution in [3.8, 4) is 0 Å². The normalized spacial score (nSPS) is 12.4. The first-order valence-corrected chi connectivity index (χ1v) is 8.06. The molecule has 1 unspecified atom stereocenters. The van der Waals surface area contributed by atoms with Crippen molar-refractivity contribution in [3.05, 3.63) is 35.2 Å².